The summed E-state index contributed by atoms with van der Waals surface area (Å²) in [5.74, 6) is -0.186. The van der Waals surface area contributed by atoms with E-state index in [4.69, 9.17) is 16.7 Å². The molecule has 1 rings (SSSR count). The maximum absolute atomic E-state index is 11.7. The van der Waals surface area contributed by atoms with Gasteiger partial charge in [0, 0.05) is 19.6 Å². The molecule has 17 heavy (non-hydrogen) atoms. The molecule has 3 N–H and O–H groups in total. The molecule has 5 heteroatoms. The van der Waals surface area contributed by atoms with Crippen LogP contribution in [0.2, 0.25) is 5.02 Å². The molecule has 0 aliphatic rings. The van der Waals surface area contributed by atoms with Gasteiger partial charge in [0.25, 0.3) is 5.91 Å². The fourth-order valence-electron chi connectivity index (χ4n) is 1.32. The molecule has 1 aromatic rings. The molecule has 94 valence electrons. The summed E-state index contributed by atoms with van der Waals surface area (Å²) in [5.41, 5.74) is 0.477. The van der Waals surface area contributed by atoms with Crippen molar-refractivity contribution >= 4 is 17.5 Å². The van der Waals surface area contributed by atoms with Gasteiger partial charge in [-0.2, -0.15) is 0 Å². The molecular formula is C12H17ClN2O2. The number of halogens is 1. The lowest BCUT2D eigenvalue weighted by Crippen LogP contribution is -2.34. The van der Waals surface area contributed by atoms with Crippen molar-refractivity contribution in [2.24, 2.45) is 0 Å². The molecule has 0 bridgehead atoms. The fraction of sp³-hybridized carbons (Fsp3) is 0.417. The van der Waals surface area contributed by atoms with Gasteiger partial charge in [-0.25, -0.2) is 0 Å². The van der Waals surface area contributed by atoms with E-state index in [1.807, 2.05) is 0 Å². The molecule has 1 unspecified atom stereocenters. The van der Waals surface area contributed by atoms with E-state index in [0.717, 1.165) is 0 Å². The highest BCUT2D eigenvalue weighted by atomic mass is 35.5. The summed E-state index contributed by atoms with van der Waals surface area (Å²) < 4.78 is 0. The largest absolute Gasteiger partial charge is 0.392 e. The Balaban J connectivity index is 2.29. The molecule has 0 aromatic heterocycles. The van der Waals surface area contributed by atoms with Crippen molar-refractivity contribution in [3.63, 3.8) is 0 Å². The first kappa shape index (κ1) is 14.0. The van der Waals surface area contributed by atoms with Crippen molar-refractivity contribution in [3.8, 4) is 0 Å². The predicted octanol–water partition coefficient (Wildman–Crippen LogP) is 1.04. The molecule has 0 radical (unpaired) electrons. The van der Waals surface area contributed by atoms with Crippen LogP contribution in [-0.2, 0) is 0 Å². The van der Waals surface area contributed by atoms with E-state index < -0.39 is 0 Å². The Bertz CT molecular complexity index is 369. The van der Waals surface area contributed by atoms with Gasteiger partial charge < -0.3 is 15.7 Å². The van der Waals surface area contributed by atoms with Crippen LogP contribution in [0.5, 0.6) is 0 Å². The second-order valence-corrected chi connectivity index (χ2v) is 4.20. The van der Waals surface area contributed by atoms with Gasteiger partial charge in [0.1, 0.15) is 0 Å². The lowest BCUT2D eigenvalue weighted by Gasteiger charge is -2.08. The average Bonchev–Trinajstić information content (AvgIpc) is 2.28. The minimum absolute atomic E-state index is 0.186. The van der Waals surface area contributed by atoms with Crippen molar-refractivity contribution in [2.75, 3.05) is 19.6 Å². The third-order valence-corrected chi connectivity index (χ3v) is 2.48. The van der Waals surface area contributed by atoms with Gasteiger partial charge in [-0.3, -0.25) is 4.79 Å². The number of hydrogen-bond acceptors (Lipinski definition) is 3. The molecule has 0 aliphatic heterocycles. The Morgan fingerprint density at radius 3 is 2.76 bits per heavy atom. The van der Waals surface area contributed by atoms with E-state index in [1.165, 1.54) is 0 Å². The number of carbonyl (C=O) groups is 1. The van der Waals surface area contributed by atoms with Gasteiger partial charge in [-0.1, -0.05) is 23.7 Å². The van der Waals surface area contributed by atoms with E-state index >= 15 is 0 Å². The highest BCUT2D eigenvalue weighted by Crippen LogP contribution is 2.14. The summed E-state index contributed by atoms with van der Waals surface area (Å²) in [6.45, 7) is 3.33. The van der Waals surface area contributed by atoms with E-state index in [0.29, 0.717) is 30.2 Å². The first-order valence-electron chi connectivity index (χ1n) is 5.52. The van der Waals surface area contributed by atoms with Gasteiger partial charge in [0.05, 0.1) is 16.7 Å². The van der Waals surface area contributed by atoms with E-state index in [1.54, 1.807) is 31.2 Å². The number of benzene rings is 1. The number of aliphatic hydroxyl groups excluding tert-OH is 1. The van der Waals surface area contributed by atoms with Crippen LogP contribution in [0.1, 0.15) is 17.3 Å². The SMILES string of the molecule is CC(O)CNCCNC(=O)c1ccccc1Cl. The number of amides is 1. The zero-order chi connectivity index (χ0) is 12.7. The van der Waals surface area contributed by atoms with Crippen LogP contribution in [0.15, 0.2) is 24.3 Å². The third kappa shape index (κ3) is 5.17. The standard InChI is InChI=1S/C12H17ClN2O2/c1-9(16)8-14-6-7-15-12(17)10-4-2-3-5-11(10)13/h2-5,9,14,16H,6-8H2,1H3,(H,15,17). The van der Waals surface area contributed by atoms with Gasteiger partial charge in [-0.05, 0) is 19.1 Å². The Hall–Kier alpha value is -1.10. The zero-order valence-corrected chi connectivity index (χ0v) is 10.5. The van der Waals surface area contributed by atoms with Crippen molar-refractivity contribution in [1.29, 1.82) is 0 Å². The Morgan fingerprint density at radius 1 is 1.41 bits per heavy atom. The quantitative estimate of drug-likeness (QED) is 0.667. The minimum atomic E-state index is -0.380. The molecular weight excluding hydrogens is 240 g/mol. The number of nitrogens with one attached hydrogen (secondary N) is 2. The molecule has 0 spiro atoms. The van der Waals surface area contributed by atoms with E-state index in [-0.39, 0.29) is 12.0 Å². The molecule has 1 atom stereocenters. The van der Waals surface area contributed by atoms with Crippen LogP contribution in [0.3, 0.4) is 0 Å². The lowest BCUT2D eigenvalue weighted by atomic mass is 10.2. The summed E-state index contributed by atoms with van der Waals surface area (Å²) in [7, 11) is 0. The highest BCUT2D eigenvalue weighted by molar-refractivity contribution is 6.33. The summed E-state index contributed by atoms with van der Waals surface area (Å²) in [6.07, 6.45) is -0.380. The molecule has 0 saturated carbocycles. The summed E-state index contributed by atoms with van der Waals surface area (Å²) in [6, 6.07) is 6.92. The zero-order valence-electron chi connectivity index (χ0n) is 9.74. The van der Waals surface area contributed by atoms with Crippen molar-refractivity contribution in [1.82, 2.24) is 10.6 Å². The number of hydrogen-bond donors (Lipinski definition) is 3. The highest BCUT2D eigenvalue weighted by Gasteiger charge is 2.07. The van der Waals surface area contributed by atoms with Crippen molar-refractivity contribution in [3.05, 3.63) is 34.9 Å². The Labute approximate surface area is 106 Å². The predicted molar refractivity (Wildman–Crippen MR) is 68.3 cm³/mol. The Morgan fingerprint density at radius 2 is 2.12 bits per heavy atom. The maximum atomic E-state index is 11.7. The van der Waals surface area contributed by atoms with Gasteiger partial charge in [-0.15, -0.1) is 0 Å². The van der Waals surface area contributed by atoms with E-state index in [2.05, 4.69) is 10.6 Å². The first-order valence-corrected chi connectivity index (χ1v) is 5.90. The van der Waals surface area contributed by atoms with Crippen molar-refractivity contribution < 1.29 is 9.90 Å². The van der Waals surface area contributed by atoms with Gasteiger partial charge >= 0.3 is 0 Å². The molecule has 4 nitrogen and oxygen atoms in total. The van der Waals surface area contributed by atoms with Crippen LogP contribution in [0, 0.1) is 0 Å². The maximum Gasteiger partial charge on any atom is 0.252 e. The molecule has 1 aromatic carbocycles. The van der Waals surface area contributed by atoms with Crippen LogP contribution >= 0.6 is 11.6 Å². The second kappa shape index (κ2) is 7.27. The summed E-state index contributed by atoms with van der Waals surface area (Å²) in [5, 5.41) is 15.2. The molecule has 0 saturated heterocycles. The minimum Gasteiger partial charge on any atom is -0.392 e. The van der Waals surface area contributed by atoms with Crippen LogP contribution in [-0.4, -0.2) is 36.8 Å². The number of aliphatic hydroxyl groups is 1. The lowest BCUT2D eigenvalue weighted by molar-refractivity contribution is 0.0954. The first-order chi connectivity index (χ1) is 8.11. The molecule has 1 amide bonds. The van der Waals surface area contributed by atoms with Gasteiger partial charge in [0.2, 0.25) is 0 Å². The van der Waals surface area contributed by atoms with E-state index in [9.17, 15) is 4.79 Å². The normalized spacial score (nSPS) is 12.2. The summed E-state index contributed by atoms with van der Waals surface area (Å²) in [4.78, 5) is 11.7. The van der Waals surface area contributed by atoms with Crippen LogP contribution in [0.4, 0.5) is 0 Å². The van der Waals surface area contributed by atoms with Crippen molar-refractivity contribution in [2.45, 2.75) is 13.0 Å². The third-order valence-electron chi connectivity index (χ3n) is 2.15. The molecule has 0 heterocycles. The van der Waals surface area contributed by atoms with Gasteiger partial charge in [0.15, 0.2) is 0 Å². The van der Waals surface area contributed by atoms with Crippen LogP contribution < -0.4 is 10.6 Å². The average molecular weight is 257 g/mol. The Kier molecular flexibility index (Phi) is 5.97. The molecule has 0 fully saturated rings. The van der Waals surface area contributed by atoms with Crippen LogP contribution in [0.25, 0.3) is 0 Å². The summed E-state index contributed by atoms with van der Waals surface area (Å²) >= 11 is 5.89. The fourth-order valence-corrected chi connectivity index (χ4v) is 1.54. The monoisotopic (exact) mass is 256 g/mol. The smallest absolute Gasteiger partial charge is 0.252 e. The topological polar surface area (TPSA) is 61.4 Å². The number of rotatable bonds is 6. The second-order valence-electron chi connectivity index (χ2n) is 3.79. The number of carbonyl (C=O) groups excluding carboxylic acids is 1. The molecule has 0 aliphatic carbocycles.